The van der Waals surface area contributed by atoms with Gasteiger partial charge in [0.15, 0.2) is 4.90 Å². The van der Waals surface area contributed by atoms with Gasteiger partial charge in [0, 0.05) is 23.2 Å². The number of unbranched alkanes of at least 4 members (excludes halogenated alkanes) is 1. The van der Waals surface area contributed by atoms with Crippen molar-refractivity contribution in [2.45, 2.75) is 55.9 Å². The lowest BCUT2D eigenvalue weighted by atomic mass is 10.1. The number of aromatic nitrogens is 3. The Morgan fingerprint density at radius 1 is 1.05 bits per heavy atom. The average molecular weight is 552 g/mol. The Balaban J connectivity index is 1.85. The Bertz CT molecular complexity index is 1670. The highest BCUT2D eigenvalue weighted by molar-refractivity contribution is 7.91. The normalized spacial score (nSPS) is 12.3. The number of sulfone groups is 1. The molecule has 0 aliphatic rings. The Morgan fingerprint density at radius 3 is 2.38 bits per heavy atom. The van der Waals surface area contributed by atoms with Gasteiger partial charge in [0.1, 0.15) is 11.6 Å². The van der Waals surface area contributed by atoms with Crippen LogP contribution in [-0.2, 0) is 16.3 Å². The van der Waals surface area contributed by atoms with Crippen molar-refractivity contribution >= 4 is 9.84 Å². The molecule has 0 aliphatic carbocycles. The van der Waals surface area contributed by atoms with Crippen LogP contribution >= 0.6 is 0 Å². The fraction of sp³-hybridized carbons (Fsp3) is 0.276. The van der Waals surface area contributed by atoms with Crippen molar-refractivity contribution in [3.63, 3.8) is 0 Å². The quantitative estimate of drug-likeness (QED) is 0.283. The highest BCUT2D eigenvalue weighted by atomic mass is 32.2. The third-order valence-corrected chi connectivity index (χ3v) is 8.45. The lowest BCUT2D eigenvalue weighted by molar-refractivity contribution is 0.360. The molecule has 0 amide bonds. The topological polar surface area (TPSA) is 111 Å². The molecule has 2 aromatic heterocycles. The number of aryl methyl sites for hydroxylation is 2. The number of methoxy groups -OCH3 is 1. The first-order chi connectivity index (χ1) is 18.6. The zero-order valence-electron chi connectivity index (χ0n) is 22.2. The molecular formula is C29H30FN3O5S. The number of nitrogens with zero attached hydrogens (tertiary/aromatic N) is 3. The minimum atomic E-state index is -4.46. The minimum Gasteiger partial charge on any atom is -0.496 e. The number of rotatable bonds is 9. The van der Waals surface area contributed by atoms with Crippen LogP contribution in [0.4, 0.5) is 4.39 Å². The Hall–Kier alpha value is -4.05. The van der Waals surface area contributed by atoms with Gasteiger partial charge in [-0.05, 0) is 56.2 Å². The highest BCUT2D eigenvalue weighted by Crippen LogP contribution is 2.35. The predicted molar refractivity (Wildman–Crippen MR) is 145 cm³/mol. The molecule has 0 radical (unpaired) electrons. The SMILES string of the molecule is CCCCc1nc(=O)c(S(=O)(=O)c2ccc(-c3ccc(F)nc3C)cc2)c(O)n1C(C)c1ccccc1OC. The van der Waals surface area contributed by atoms with Crippen molar-refractivity contribution in [1.29, 1.82) is 0 Å². The number of hydrogen-bond donors (Lipinski definition) is 1. The maximum atomic E-state index is 13.7. The van der Waals surface area contributed by atoms with Crippen LogP contribution in [0.25, 0.3) is 11.1 Å². The van der Waals surface area contributed by atoms with E-state index in [0.29, 0.717) is 41.0 Å². The maximum Gasteiger partial charge on any atom is 0.296 e. The van der Waals surface area contributed by atoms with E-state index in [4.69, 9.17) is 4.74 Å². The van der Waals surface area contributed by atoms with Gasteiger partial charge >= 0.3 is 0 Å². The lowest BCUT2D eigenvalue weighted by Crippen LogP contribution is -2.27. The molecule has 1 N–H and O–H groups in total. The summed E-state index contributed by atoms with van der Waals surface area (Å²) in [7, 11) is -2.94. The van der Waals surface area contributed by atoms with E-state index in [0.717, 1.165) is 6.42 Å². The van der Waals surface area contributed by atoms with Crippen molar-refractivity contribution in [3.8, 4) is 22.8 Å². The van der Waals surface area contributed by atoms with Gasteiger partial charge in [0.05, 0.1) is 18.0 Å². The standard InChI is InChI=1S/C29H30FN3O5S/c1-5-6-11-26-32-28(34)27(29(35)33(26)19(3)23-9-7-8-10-24(23)38-4)39(36,37)21-14-12-20(13-15-21)22-16-17-25(30)31-18(22)2/h7-10,12-17,19,35H,5-6,11H2,1-4H3. The van der Waals surface area contributed by atoms with Crippen LogP contribution in [-0.4, -0.2) is 35.2 Å². The van der Waals surface area contributed by atoms with Crippen LogP contribution < -0.4 is 10.3 Å². The monoisotopic (exact) mass is 551 g/mol. The molecule has 0 saturated heterocycles. The van der Waals surface area contributed by atoms with Crippen molar-refractivity contribution in [2.24, 2.45) is 0 Å². The molecular weight excluding hydrogens is 521 g/mol. The van der Waals surface area contributed by atoms with Crippen LogP contribution in [0.3, 0.4) is 0 Å². The van der Waals surface area contributed by atoms with E-state index in [2.05, 4.69) is 9.97 Å². The molecule has 39 heavy (non-hydrogen) atoms. The molecule has 0 aliphatic heterocycles. The second-order valence-electron chi connectivity index (χ2n) is 9.17. The van der Waals surface area contributed by atoms with Crippen molar-refractivity contribution in [1.82, 2.24) is 14.5 Å². The van der Waals surface area contributed by atoms with Gasteiger partial charge in [-0.15, -0.1) is 0 Å². The van der Waals surface area contributed by atoms with Gasteiger partial charge in [-0.25, -0.2) is 13.4 Å². The van der Waals surface area contributed by atoms with E-state index in [9.17, 15) is 22.7 Å². The number of aromatic hydroxyl groups is 1. The Morgan fingerprint density at radius 2 is 1.74 bits per heavy atom. The second-order valence-corrected chi connectivity index (χ2v) is 11.1. The second kappa shape index (κ2) is 11.4. The highest BCUT2D eigenvalue weighted by Gasteiger charge is 2.31. The van der Waals surface area contributed by atoms with Crippen molar-refractivity contribution < 1.29 is 22.7 Å². The molecule has 8 nitrogen and oxygen atoms in total. The van der Waals surface area contributed by atoms with Gasteiger partial charge < -0.3 is 9.84 Å². The van der Waals surface area contributed by atoms with Gasteiger partial charge in [-0.2, -0.15) is 9.37 Å². The first kappa shape index (κ1) is 28.0. The molecule has 1 unspecified atom stereocenters. The van der Waals surface area contributed by atoms with Crippen LogP contribution in [0.5, 0.6) is 11.6 Å². The van der Waals surface area contributed by atoms with E-state index in [1.807, 2.05) is 19.1 Å². The third-order valence-electron chi connectivity index (χ3n) is 6.66. The number of pyridine rings is 1. The van der Waals surface area contributed by atoms with E-state index in [1.54, 1.807) is 44.2 Å². The molecule has 0 spiro atoms. The first-order valence-electron chi connectivity index (χ1n) is 12.6. The number of benzene rings is 2. The van der Waals surface area contributed by atoms with Crippen molar-refractivity contribution in [3.05, 3.63) is 94.0 Å². The van der Waals surface area contributed by atoms with Crippen LogP contribution in [0.2, 0.25) is 0 Å². The zero-order valence-corrected chi connectivity index (χ0v) is 23.0. The average Bonchev–Trinajstić information content (AvgIpc) is 2.91. The van der Waals surface area contributed by atoms with E-state index in [-0.39, 0.29) is 10.7 Å². The Labute approximate surface area is 226 Å². The summed E-state index contributed by atoms with van der Waals surface area (Å²) in [4.78, 5) is 20.1. The molecule has 1 atom stereocenters. The maximum absolute atomic E-state index is 13.7. The summed E-state index contributed by atoms with van der Waals surface area (Å²) in [6.45, 7) is 5.42. The van der Waals surface area contributed by atoms with Gasteiger partial charge in [-0.1, -0.05) is 43.7 Å². The van der Waals surface area contributed by atoms with Crippen LogP contribution in [0, 0.1) is 12.9 Å². The largest absolute Gasteiger partial charge is 0.496 e. The predicted octanol–water partition coefficient (Wildman–Crippen LogP) is 5.25. The number of para-hydroxylation sites is 1. The fourth-order valence-corrected chi connectivity index (χ4v) is 5.96. The molecule has 0 fully saturated rings. The molecule has 0 saturated carbocycles. The molecule has 204 valence electrons. The Kier molecular flexibility index (Phi) is 8.15. The fourth-order valence-electron chi connectivity index (χ4n) is 4.62. The molecule has 4 aromatic rings. The first-order valence-corrected chi connectivity index (χ1v) is 14.0. The van der Waals surface area contributed by atoms with E-state index < -0.39 is 38.2 Å². The minimum absolute atomic E-state index is 0.189. The molecule has 10 heteroatoms. The number of halogens is 1. The van der Waals surface area contributed by atoms with Crippen molar-refractivity contribution in [2.75, 3.05) is 7.11 Å². The lowest BCUT2D eigenvalue weighted by Gasteiger charge is -2.24. The van der Waals surface area contributed by atoms with Gasteiger partial charge in [-0.3, -0.25) is 9.36 Å². The smallest absolute Gasteiger partial charge is 0.296 e. The molecule has 0 bridgehead atoms. The summed E-state index contributed by atoms with van der Waals surface area (Å²) in [5, 5.41) is 11.4. The van der Waals surface area contributed by atoms with E-state index >= 15 is 0 Å². The molecule has 4 rings (SSSR count). The molecule has 2 heterocycles. The number of ether oxygens (including phenoxy) is 1. The summed E-state index contributed by atoms with van der Waals surface area (Å²) in [5.74, 6) is -0.456. The summed E-state index contributed by atoms with van der Waals surface area (Å²) in [6, 6.07) is 15.2. The summed E-state index contributed by atoms with van der Waals surface area (Å²) >= 11 is 0. The summed E-state index contributed by atoms with van der Waals surface area (Å²) in [6.07, 6.45) is 1.88. The van der Waals surface area contributed by atoms with Crippen LogP contribution in [0.1, 0.15) is 49.8 Å². The molecule has 2 aromatic carbocycles. The zero-order chi connectivity index (χ0) is 28.3. The third kappa shape index (κ3) is 5.42. The van der Waals surface area contributed by atoms with Gasteiger partial charge in [0.25, 0.3) is 5.56 Å². The van der Waals surface area contributed by atoms with Crippen LogP contribution in [0.15, 0.2) is 75.2 Å². The van der Waals surface area contributed by atoms with Gasteiger partial charge in [0.2, 0.25) is 21.7 Å². The number of hydrogen-bond acceptors (Lipinski definition) is 7. The van der Waals surface area contributed by atoms with E-state index in [1.165, 1.54) is 29.9 Å². The summed E-state index contributed by atoms with van der Waals surface area (Å²) < 4.78 is 47.7. The summed E-state index contributed by atoms with van der Waals surface area (Å²) in [5.41, 5.74) is 1.37.